The van der Waals surface area contributed by atoms with Crippen molar-refractivity contribution in [3.05, 3.63) is 54.1 Å². The summed E-state index contributed by atoms with van der Waals surface area (Å²) in [6.07, 6.45) is 3.95. The number of benzene rings is 2. The zero-order valence-corrected chi connectivity index (χ0v) is 21.9. The van der Waals surface area contributed by atoms with Crippen molar-refractivity contribution in [2.24, 2.45) is 5.92 Å². The Morgan fingerprint density at radius 3 is 2.49 bits per heavy atom. The van der Waals surface area contributed by atoms with Gasteiger partial charge in [0.05, 0.1) is 6.04 Å². The summed E-state index contributed by atoms with van der Waals surface area (Å²) in [7, 11) is 0. The molecule has 35 heavy (non-hydrogen) atoms. The average Bonchev–Trinajstić information content (AvgIpc) is 3.18. The Kier molecular flexibility index (Phi) is 9.89. The minimum atomic E-state index is -0.170. The number of ether oxygens (including phenoxy) is 3. The van der Waals surface area contributed by atoms with Gasteiger partial charge in [-0.15, -0.1) is 0 Å². The fraction of sp³-hybridized carbons (Fsp3) is 0.500. The van der Waals surface area contributed by atoms with E-state index in [9.17, 15) is 9.90 Å². The summed E-state index contributed by atoms with van der Waals surface area (Å²) in [5, 5.41) is 9.58. The van der Waals surface area contributed by atoms with Crippen LogP contribution in [-0.2, 0) is 11.2 Å². The van der Waals surface area contributed by atoms with Crippen molar-refractivity contribution in [1.82, 2.24) is 9.80 Å². The van der Waals surface area contributed by atoms with Crippen molar-refractivity contribution in [2.75, 3.05) is 39.4 Å². The molecule has 3 heterocycles. The van der Waals surface area contributed by atoms with Crippen LogP contribution in [-0.4, -0.2) is 72.5 Å². The fourth-order valence-corrected chi connectivity index (χ4v) is 5.08. The molecule has 5 rings (SSSR count). The largest absolute Gasteiger partial charge is 0.508 e. The van der Waals surface area contributed by atoms with E-state index in [0.29, 0.717) is 30.6 Å². The van der Waals surface area contributed by atoms with Crippen LogP contribution in [0.1, 0.15) is 24.8 Å². The predicted octanol–water partition coefficient (Wildman–Crippen LogP) is 3.92. The molecule has 0 bridgehead atoms. The lowest BCUT2D eigenvalue weighted by atomic mass is 9.93. The van der Waals surface area contributed by atoms with E-state index in [1.165, 1.54) is 5.56 Å². The van der Waals surface area contributed by atoms with Gasteiger partial charge in [-0.3, -0.25) is 4.90 Å². The highest BCUT2D eigenvalue weighted by Crippen LogP contribution is 2.35. The van der Waals surface area contributed by atoms with Crippen LogP contribution in [0.5, 0.6) is 17.2 Å². The SMILES string of the molecule is O=C1OC[C@H](Cc2ccccc2)N1CCC1CCN(C[C@H]2COc3cc(O)ccc3O2)CC1.S.S. The number of fused-ring (bicyclic) bond motifs is 1. The monoisotopic (exact) mass is 520 g/mol. The molecular weight excluding hydrogens is 484 g/mol. The Bertz CT molecular complexity index is 956. The molecule has 0 aliphatic carbocycles. The number of amides is 1. The number of phenolic OH excluding ortho intramolecular Hbond substituents is 1. The second-order valence-corrected chi connectivity index (χ2v) is 9.33. The fourth-order valence-electron chi connectivity index (χ4n) is 5.08. The van der Waals surface area contributed by atoms with Crippen LogP contribution in [0.25, 0.3) is 0 Å². The lowest BCUT2D eigenvalue weighted by Gasteiger charge is -2.36. The first-order valence-corrected chi connectivity index (χ1v) is 12.0. The van der Waals surface area contributed by atoms with Crippen LogP contribution >= 0.6 is 27.0 Å². The topological polar surface area (TPSA) is 71.5 Å². The molecule has 0 spiro atoms. The molecule has 9 heteroatoms. The molecule has 3 aliphatic heterocycles. The van der Waals surface area contributed by atoms with E-state index in [2.05, 4.69) is 17.0 Å². The summed E-state index contributed by atoms with van der Waals surface area (Å²) in [6.45, 7) is 4.65. The van der Waals surface area contributed by atoms with Crippen molar-refractivity contribution < 1.29 is 24.1 Å². The lowest BCUT2D eigenvalue weighted by molar-refractivity contribution is 0.0464. The molecule has 0 unspecified atom stereocenters. The first-order chi connectivity index (χ1) is 16.1. The van der Waals surface area contributed by atoms with E-state index in [1.807, 2.05) is 23.1 Å². The first-order valence-electron chi connectivity index (χ1n) is 12.0. The summed E-state index contributed by atoms with van der Waals surface area (Å²) in [5.74, 6) is 2.11. The van der Waals surface area contributed by atoms with Crippen molar-refractivity contribution in [3.63, 3.8) is 0 Å². The zero-order valence-electron chi connectivity index (χ0n) is 19.9. The highest BCUT2D eigenvalue weighted by molar-refractivity contribution is 7.59. The Balaban J connectivity index is 0.00000171. The summed E-state index contributed by atoms with van der Waals surface area (Å²) >= 11 is 0. The van der Waals surface area contributed by atoms with Crippen LogP contribution in [0, 0.1) is 5.92 Å². The number of hydrogen-bond donors (Lipinski definition) is 1. The summed E-state index contributed by atoms with van der Waals surface area (Å²) in [4.78, 5) is 16.7. The van der Waals surface area contributed by atoms with E-state index in [-0.39, 0.29) is 51.0 Å². The van der Waals surface area contributed by atoms with E-state index in [4.69, 9.17) is 14.2 Å². The van der Waals surface area contributed by atoms with Gasteiger partial charge in [-0.1, -0.05) is 30.3 Å². The molecule has 0 radical (unpaired) electrons. The molecule has 0 aromatic heterocycles. The Hall–Kier alpha value is -2.23. The molecular formula is C26H36N2O5S2. The number of carbonyl (C=O) groups excluding carboxylic acids is 1. The molecule has 7 nitrogen and oxygen atoms in total. The van der Waals surface area contributed by atoms with E-state index in [0.717, 1.165) is 51.9 Å². The lowest BCUT2D eigenvalue weighted by Crippen LogP contribution is -2.44. The Morgan fingerprint density at radius 2 is 1.71 bits per heavy atom. The van der Waals surface area contributed by atoms with E-state index >= 15 is 0 Å². The van der Waals surface area contributed by atoms with Gasteiger partial charge in [-0.05, 0) is 62.4 Å². The second kappa shape index (κ2) is 12.6. The summed E-state index contributed by atoms with van der Waals surface area (Å²) < 4.78 is 17.2. The van der Waals surface area contributed by atoms with Crippen LogP contribution in [0.15, 0.2) is 48.5 Å². The van der Waals surface area contributed by atoms with E-state index < -0.39 is 0 Å². The second-order valence-electron chi connectivity index (χ2n) is 9.33. The zero-order chi connectivity index (χ0) is 22.6. The number of phenols is 1. The molecule has 2 aromatic rings. The third-order valence-corrected chi connectivity index (χ3v) is 6.98. The quantitative estimate of drug-likeness (QED) is 0.597. The van der Waals surface area contributed by atoms with Gasteiger partial charge in [-0.25, -0.2) is 4.79 Å². The molecule has 192 valence electrons. The average molecular weight is 521 g/mol. The normalized spacial score (nSPS) is 22.2. The number of rotatable bonds is 7. The third-order valence-electron chi connectivity index (χ3n) is 6.98. The maximum Gasteiger partial charge on any atom is 0.410 e. The van der Waals surface area contributed by atoms with Crippen LogP contribution < -0.4 is 9.47 Å². The first kappa shape index (κ1) is 27.4. The van der Waals surface area contributed by atoms with Gasteiger partial charge in [0, 0.05) is 19.2 Å². The molecule has 2 saturated heterocycles. The standard InChI is InChI=1S/C26H32N2O5.2H2S/c29-22-6-7-24-25(15-22)31-18-23(33-24)16-27-11-8-19(9-12-27)10-13-28-21(17-32-26(28)30)14-20-4-2-1-3-5-20;;/h1-7,15,19,21,23,29H,8-14,16-18H2;2*1H2/t21-,23-;;/m0../s1. The number of aromatic hydroxyl groups is 1. The number of cyclic esters (lactones) is 1. The molecule has 0 saturated carbocycles. The smallest absolute Gasteiger partial charge is 0.410 e. The highest BCUT2D eigenvalue weighted by Gasteiger charge is 2.33. The number of piperidine rings is 1. The molecule has 3 aliphatic rings. The van der Waals surface area contributed by atoms with Gasteiger partial charge in [0.1, 0.15) is 25.1 Å². The maximum atomic E-state index is 12.3. The van der Waals surface area contributed by atoms with Crippen molar-refractivity contribution in [1.29, 1.82) is 0 Å². The highest BCUT2D eigenvalue weighted by atomic mass is 32.1. The number of likely N-dealkylation sites (tertiary alicyclic amines) is 1. The van der Waals surface area contributed by atoms with Crippen molar-refractivity contribution in [2.45, 2.75) is 37.8 Å². The van der Waals surface area contributed by atoms with Crippen LogP contribution in [0.4, 0.5) is 4.79 Å². The molecule has 2 aromatic carbocycles. The van der Waals surface area contributed by atoms with Crippen LogP contribution in [0.3, 0.4) is 0 Å². The number of carbonyl (C=O) groups is 1. The van der Waals surface area contributed by atoms with Gasteiger partial charge in [0.25, 0.3) is 0 Å². The van der Waals surface area contributed by atoms with Gasteiger partial charge in [0.2, 0.25) is 0 Å². The van der Waals surface area contributed by atoms with Crippen molar-refractivity contribution in [3.8, 4) is 17.2 Å². The molecule has 1 amide bonds. The third kappa shape index (κ3) is 6.92. The summed E-state index contributed by atoms with van der Waals surface area (Å²) in [5.41, 5.74) is 1.24. The molecule has 2 fully saturated rings. The van der Waals surface area contributed by atoms with Gasteiger partial charge >= 0.3 is 6.09 Å². The summed E-state index contributed by atoms with van der Waals surface area (Å²) in [6, 6.07) is 15.4. The van der Waals surface area contributed by atoms with Gasteiger partial charge < -0.3 is 24.2 Å². The van der Waals surface area contributed by atoms with Gasteiger partial charge in [-0.2, -0.15) is 27.0 Å². The van der Waals surface area contributed by atoms with Crippen molar-refractivity contribution >= 4 is 33.1 Å². The van der Waals surface area contributed by atoms with E-state index in [1.54, 1.807) is 18.2 Å². The number of hydrogen-bond acceptors (Lipinski definition) is 6. The Labute approximate surface area is 221 Å². The molecule has 2 atom stereocenters. The maximum absolute atomic E-state index is 12.3. The Morgan fingerprint density at radius 1 is 0.943 bits per heavy atom. The predicted molar refractivity (Wildman–Crippen MR) is 145 cm³/mol. The molecule has 1 N–H and O–H groups in total. The van der Waals surface area contributed by atoms with Gasteiger partial charge in [0.15, 0.2) is 11.5 Å². The minimum Gasteiger partial charge on any atom is -0.508 e. The number of nitrogens with zero attached hydrogens (tertiary/aromatic N) is 2. The van der Waals surface area contributed by atoms with Crippen LogP contribution in [0.2, 0.25) is 0 Å². The minimum absolute atomic E-state index is 0.